The molecule has 2 amide bonds. The molecule has 90 valence electrons. The van der Waals surface area contributed by atoms with Gasteiger partial charge in [-0.2, -0.15) is 0 Å². The van der Waals surface area contributed by atoms with Crippen molar-refractivity contribution in [2.24, 2.45) is 0 Å². The molecular formula is C11H25N3O. The summed E-state index contributed by atoms with van der Waals surface area (Å²) < 4.78 is 0. The Hall–Kier alpha value is -0.770. The molecule has 0 aliphatic heterocycles. The van der Waals surface area contributed by atoms with E-state index in [1.807, 2.05) is 21.0 Å². The molecule has 0 unspecified atom stereocenters. The van der Waals surface area contributed by atoms with E-state index in [1.54, 1.807) is 9.80 Å². The zero-order chi connectivity index (χ0) is 11.8. The van der Waals surface area contributed by atoms with E-state index in [2.05, 4.69) is 18.9 Å². The maximum Gasteiger partial charge on any atom is 0.319 e. The molecule has 0 aromatic rings. The maximum absolute atomic E-state index is 11.7. The van der Waals surface area contributed by atoms with Gasteiger partial charge in [-0.1, -0.05) is 6.92 Å². The van der Waals surface area contributed by atoms with Crippen molar-refractivity contribution in [1.82, 2.24) is 14.7 Å². The highest BCUT2D eigenvalue weighted by molar-refractivity contribution is 5.73. The minimum atomic E-state index is 0.108. The summed E-state index contributed by atoms with van der Waals surface area (Å²) in [7, 11) is 5.79. The lowest BCUT2D eigenvalue weighted by molar-refractivity contribution is 0.173. The molecule has 0 aromatic carbocycles. The van der Waals surface area contributed by atoms with Crippen molar-refractivity contribution in [1.29, 1.82) is 0 Å². The van der Waals surface area contributed by atoms with Crippen molar-refractivity contribution in [3.8, 4) is 0 Å². The van der Waals surface area contributed by atoms with Gasteiger partial charge in [0.05, 0.1) is 0 Å². The number of hydrogen-bond acceptors (Lipinski definition) is 2. The number of carbonyl (C=O) groups excluding carboxylic acids is 1. The molecule has 0 aliphatic rings. The number of amides is 2. The predicted molar refractivity (Wildman–Crippen MR) is 64.1 cm³/mol. The van der Waals surface area contributed by atoms with Crippen LogP contribution in [0.5, 0.6) is 0 Å². The van der Waals surface area contributed by atoms with E-state index in [9.17, 15) is 4.79 Å². The highest BCUT2D eigenvalue weighted by Crippen LogP contribution is 1.96. The van der Waals surface area contributed by atoms with Gasteiger partial charge in [0, 0.05) is 27.2 Å². The zero-order valence-corrected chi connectivity index (χ0v) is 10.8. The summed E-state index contributed by atoms with van der Waals surface area (Å²) in [4.78, 5) is 17.4. The Kier molecular flexibility index (Phi) is 7.13. The molecule has 4 nitrogen and oxygen atoms in total. The van der Waals surface area contributed by atoms with Crippen molar-refractivity contribution in [3.63, 3.8) is 0 Å². The predicted octanol–water partition coefficient (Wildman–Crippen LogP) is 1.33. The van der Waals surface area contributed by atoms with Crippen molar-refractivity contribution in [2.45, 2.75) is 20.3 Å². The molecule has 15 heavy (non-hydrogen) atoms. The lowest BCUT2D eigenvalue weighted by atomic mass is 10.3. The Morgan fingerprint density at radius 2 is 1.53 bits per heavy atom. The zero-order valence-electron chi connectivity index (χ0n) is 10.8. The molecule has 0 atom stereocenters. The molecular weight excluding hydrogens is 190 g/mol. The number of hydrogen-bond donors (Lipinski definition) is 0. The van der Waals surface area contributed by atoms with Crippen LogP contribution in [0.25, 0.3) is 0 Å². The van der Waals surface area contributed by atoms with Crippen LogP contribution in [0.15, 0.2) is 0 Å². The number of rotatable bonds is 6. The molecule has 0 radical (unpaired) electrons. The summed E-state index contributed by atoms with van der Waals surface area (Å²) in [5.74, 6) is 0. The molecule has 0 rings (SSSR count). The van der Waals surface area contributed by atoms with Crippen LogP contribution in [-0.2, 0) is 0 Å². The summed E-state index contributed by atoms with van der Waals surface area (Å²) >= 11 is 0. The average molecular weight is 215 g/mol. The van der Waals surface area contributed by atoms with Crippen molar-refractivity contribution < 1.29 is 4.79 Å². The highest BCUT2D eigenvalue weighted by atomic mass is 16.2. The van der Waals surface area contributed by atoms with Gasteiger partial charge in [0.15, 0.2) is 0 Å². The van der Waals surface area contributed by atoms with Crippen LogP contribution < -0.4 is 0 Å². The van der Waals surface area contributed by atoms with E-state index in [-0.39, 0.29) is 6.03 Å². The first-order valence-corrected chi connectivity index (χ1v) is 5.67. The molecule has 0 N–H and O–H groups in total. The van der Waals surface area contributed by atoms with E-state index in [4.69, 9.17) is 0 Å². The fourth-order valence-corrected chi connectivity index (χ4v) is 1.26. The second-order valence-electron chi connectivity index (χ2n) is 3.97. The standard InChI is InChI=1S/C11H25N3O/c1-6-12(3)9-8-10-14(5)11(15)13(4)7-2/h6-10H2,1-5H3. The average Bonchev–Trinajstić information content (AvgIpc) is 2.26. The van der Waals surface area contributed by atoms with Gasteiger partial charge in [-0.05, 0) is 33.5 Å². The molecule has 0 fully saturated rings. The van der Waals surface area contributed by atoms with Gasteiger partial charge < -0.3 is 14.7 Å². The van der Waals surface area contributed by atoms with Gasteiger partial charge >= 0.3 is 6.03 Å². The summed E-state index contributed by atoms with van der Waals surface area (Å²) in [6, 6.07) is 0.108. The van der Waals surface area contributed by atoms with Crippen LogP contribution in [0.1, 0.15) is 20.3 Å². The second kappa shape index (κ2) is 7.51. The molecule has 0 heterocycles. The van der Waals surface area contributed by atoms with E-state index in [0.717, 1.165) is 32.6 Å². The van der Waals surface area contributed by atoms with Crippen LogP contribution in [0.2, 0.25) is 0 Å². The van der Waals surface area contributed by atoms with Crippen molar-refractivity contribution >= 4 is 6.03 Å². The minimum absolute atomic E-state index is 0.108. The number of urea groups is 1. The minimum Gasteiger partial charge on any atom is -0.328 e. The summed E-state index contributed by atoms with van der Waals surface area (Å²) in [6.07, 6.45) is 1.03. The fourth-order valence-electron chi connectivity index (χ4n) is 1.26. The first-order valence-electron chi connectivity index (χ1n) is 5.67. The smallest absolute Gasteiger partial charge is 0.319 e. The second-order valence-corrected chi connectivity index (χ2v) is 3.97. The Bertz CT molecular complexity index is 185. The van der Waals surface area contributed by atoms with Gasteiger partial charge in [0.25, 0.3) is 0 Å². The van der Waals surface area contributed by atoms with Crippen LogP contribution in [0.4, 0.5) is 4.79 Å². The molecule has 0 spiro atoms. The third-order valence-corrected chi connectivity index (χ3v) is 2.70. The lowest BCUT2D eigenvalue weighted by Crippen LogP contribution is -2.39. The fraction of sp³-hybridized carbons (Fsp3) is 0.909. The van der Waals surface area contributed by atoms with Crippen molar-refractivity contribution in [2.75, 3.05) is 47.3 Å². The monoisotopic (exact) mass is 215 g/mol. The van der Waals surface area contributed by atoms with E-state index >= 15 is 0 Å². The van der Waals surface area contributed by atoms with Crippen LogP contribution in [-0.4, -0.2) is 68.1 Å². The third kappa shape index (κ3) is 5.62. The van der Waals surface area contributed by atoms with Crippen LogP contribution in [0, 0.1) is 0 Å². The topological polar surface area (TPSA) is 26.8 Å². The first-order chi connectivity index (χ1) is 7.02. The van der Waals surface area contributed by atoms with Crippen molar-refractivity contribution in [3.05, 3.63) is 0 Å². The SMILES string of the molecule is CCN(C)CCCN(C)C(=O)N(C)CC. The van der Waals surface area contributed by atoms with Crippen LogP contribution in [0.3, 0.4) is 0 Å². The molecule has 0 bridgehead atoms. The largest absolute Gasteiger partial charge is 0.328 e. The highest BCUT2D eigenvalue weighted by Gasteiger charge is 2.11. The Labute approximate surface area is 93.8 Å². The van der Waals surface area contributed by atoms with Gasteiger partial charge in [0.2, 0.25) is 0 Å². The molecule has 4 heteroatoms. The molecule has 0 aromatic heterocycles. The summed E-state index contributed by atoms with van der Waals surface area (Å²) in [5.41, 5.74) is 0. The molecule has 0 saturated carbocycles. The Morgan fingerprint density at radius 3 is 2.00 bits per heavy atom. The van der Waals surface area contributed by atoms with E-state index in [1.165, 1.54) is 0 Å². The van der Waals surface area contributed by atoms with E-state index < -0.39 is 0 Å². The van der Waals surface area contributed by atoms with Gasteiger partial charge in [-0.25, -0.2) is 4.79 Å². The Balaban J connectivity index is 3.73. The quantitative estimate of drug-likeness (QED) is 0.668. The number of carbonyl (C=O) groups is 1. The van der Waals surface area contributed by atoms with Gasteiger partial charge in [-0.15, -0.1) is 0 Å². The maximum atomic E-state index is 11.7. The third-order valence-electron chi connectivity index (χ3n) is 2.70. The summed E-state index contributed by atoms with van der Waals surface area (Å²) in [5, 5.41) is 0. The lowest BCUT2D eigenvalue weighted by Gasteiger charge is -2.24. The van der Waals surface area contributed by atoms with Gasteiger partial charge in [0.1, 0.15) is 0 Å². The van der Waals surface area contributed by atoms with Crippen LogP contribution >= 0.6 is 0 Å². The van der Waals surface area contributed by atoms with Gasteiger partial charge in [-0.3, -0.25) is 0 Å². The molecule has 0 saturated heterocycles. The number of nitrogens with zero attached hydrogens (tertiary/aromatic N) is 3. The Morgan fingerprint density at radius 1 is 0.933 bits per heavy atom. The van der Waals surface area contributed by atoms with E-state index in [0.29, 0.717) is 0 Å². The molecule has 0 aliphatic carbocycles. The first kappa shape index (κ1) is 14.2. The summed E-state index contributed by atoms with van der Waals surface area (Å²) in [6.45, 7) is 7.82. The normalized spacial score (nSPS) is 10.5.